The molecule has 2 atom stereocenters. The van der Waals surface area contributed by atoms with Crippen LogP contribution >= 0.6 is 0 Å². The lowest BCUT2D eigenvalue weighted by atomic mass is 9.81. The van der Waals surface area contributed by atoms with Crippen molar-refractivity contribution in [2.45, 2.75) is 11.8 Å². The largest absolute Gasteiger partial charge is 0.350 e. The average molecular weight is 344 g/mol. The van der Waals surface area contributed by atoms with Gasteiger partial charge in [0.1, 0.15) is 0 Å². The van der Waals surface area contributed by atoms with E-state index in [0.29, 0.717) is 5.92 Å². The summed E-state index contributed by atoms with van der Waals surface area (Å²) in [5, 5.41) is 10.7. The van der Waals surface area contributed by atoms with Crippen LogP contribution in [0.5, 0.6) is 0 Å². The number of rotatable bonds is 3. The maximum Gasteiger partial charge on any atom is 0.269 e. The Morgan fingerprint density at radius 1 is 1.15 bits per heavy atom. The summed E-state index contributed by atoms with van der Waals surface area (Å²) in [4.78, 5) is 25.0. The third-order valence-corrected chi connectivity index (χ3v) is 5.78. The van der Waals surface area contributed by atoms with E-state index in [9.17, 15) is 14.9 Å². The number of nitrogens with zero attached hydrogens (tertiary/aromatic N) is 2. The molecule has 2 aromatic carbocycles. The highest BCUT2D eigenvalue weighted by molar-refractivity contribution is 6.08. The highest BCUT2D eigenvalue weighted by Crippen LogP contribution is 2.66. The first-order chi connectivity index (χ1) is 12.6. The van der Waals surface area contributed by atoms with Gasteiger partial charge in [-0.15, -0.1) is 0 Å². The van der Waals surface area contributed by atoms with Gasteiger partial charge in [-0.3, -0.25) is 14.9 Å². The standard InChI is InChI=1S/C21H16N2O3/c24-19-11-20-21(18-4-2-1-3-17(18)19)12-15(21)13-22(20)10-9-14-5-7-16(8-6-14)23(25)26/h1-11,15H,12-13H2/b10-9+/t15-,21-/m1/s1. The van der Waals surface area contributed by atoms with E-state index in [1.54, 1.807) is 18.2 Å². The lowest BCUT2D eigenvalue weighted by Gasteiger charge is -2.28. The molecule has 0 aromatic heterocycles. The van der Waals surface area contributed by atoms with E-state index in [1.807, 2.05) is 30.5 Å². The van der Waals surface area contributed by atoms with Crippen molar-refractivity contribution in [3.63, 3.8) is 0 Å². The number of non-ortho nitro benzene ring substituents is 1. The lowest BCUT2D eigenvalue weighted by molar-refractivity contribution is -0.384. The zero-order valence-electron chi connectivity index (χ0n) is 14.0. The van der Waals surface area contributed by atoms with E-state index in [1.165, 1.54) is 17.7 Å². The number of carbonyl (C=O) groups excluding carboxylic acids is 1. The molecule has 2 fully saturated rings. The topological polar surface area (TPSA) is 63.5 Å². The molecule has 0 unspecified atom stereocenters. The van der Waals surface area contributed by atoms with Gasteiger partial charge in [-0.1, -0.05) is 24.3 Å². The van der Waals surface area contributed by atoms with Crippen LogP contribution in [0.3, 0.4) is 0 Å². The second-order valence-corrected chi connectivity index (χ2v) is 7.13. The van der Waals surface area contributed by atoms with E-state index < -0.39 is 4.92 Å². The third-order valence-electron chi connectivity index (χ3n) is 5.78. The molecule has 5 rings (SSSR count). The molecule has 0 N–H and O–H groups in total. The van der Waals surface area contributed by atoms with Crippen LogP contribution in [0, 0.1) is 16.0 Å². The third kappa shape index (κ3) is 2.00. The molecule has 2 aliphatic carbocycles. The number of benzene rings is 2. The Labute approximate surface area is 150 Å². The first kappa shape index (κ1) is 15.1. The molecule has 1 aliphatic heterocycles. The zero-order valence-corrected chi connectivity index (χ0v) is 14.0. The molecule has 5 nitrogen and oxygen atoms in total. The summed E-state index contributed by atoms with van der Waals surface area (Å²) in [6, 6.07) is 14.4. The minimum atomic E-state index is -0.402. The molecule has 128 valence electrons. The van der Waals surface area contributed by atoms with Gasteiger partial charge in [-0.25, -0.2) is 0 Å². The summed E-state index contributed by atoms with van der Waals surface area (Å²) < 4.78 is 0. The number of allylic oxidation sites excluding steroid dienone is 2. The molecule has 1 spiro atoms. The van der Waals surface area contributed by atoms with Gasteiger partial charge >= 0.3 is 0 Å². The van der Waals surface area contributed by atoms with Crippen molar-refractivity contribution in [3.8, 4) is 0 Å². The molecule has 1 saturated carbocycles. The molecular formula is C21H16N2O3. The van der Waals surface area contributed by atoms with Gasteiger partial charge in [-0.05, 0) is 41.7 Å². The Bertz CT molecular complexity index is 1010. The summed E-state index contributed by atoms with van der Waals surface area (Å²) in [6.07, 6.45) is 6.82. The second kappa shape index (κ2) is 5.14. The van der Waals surface area contributed by atoms with Crippen LogP contribution in [0.25, 0.3) is 6.08 Å². The van der Waals surface area contributed by atoms with Crippen molar-refractivity contribution < 1.29 is 9.72 Å². The number of nitro groups is 1. The minimum Gasteiger partial charge on any atom is -0.350 e. The first-order valence-electron chi connectivity index (χ1n) is 8.65. The van der Waals surface area contributed by atoms with Gasteiger partial charge in [0.25, 0.3) is 5.69 Å². The summed E-state index contributed by atoms with van der Waals surface area (Å²) in [5.74, 6) is 0.618. The predicted molar refractivity (Wildman–Crippen MR) is 97.5 cm³/mol. The molecule has 0 amide bonds. The SMILES string of the molecule is O=C1C=C2N(/C=C/c3ccc([N+](=O)[O-])cc3)C[C@H]3C[C@@]23c2ccccc21. The smallest absolute Gasteiger partial charge is 0.269 e. The maximum atomic E-state index is 12.5. The molecule has 1 heterocycles. The predicted octanol–water partition coefficient (Wildman–Crippen LogP) is 3.92. The van der Waals surface area contributed by atoms with E-state index in [4.69, 9.17) is 0 Å². The van der Waals surface area contributed by atoms with Crippen LogP contribution in [0.4, 0.5) is 5.69 Å². The van der Waals surface area contributed by atoms with Crippen molar-refractivity contribution >= 4 is 17.5 Å². The molecule has 0 radical (unpaired) electrons. The monoisotopic (exact) mass is 344 g/mol. The van der Waals surface area contributed by atoms with Crippen molar-refractivity contribution in [2.75, 3.05) is 6.54 Å². The van der Waals surface area contributed by atoms with Crippen molar-refractivity contribution in [1.82, 2.24) is 4.90 Å². The Morgan fingerprint density at radius 2 is 1.92 bits per heavy atom. The fraction of sp³-hybridized carbons (Fsp3) is 0.190. The van der Waals surface area contributed by atoms with E-state index in [2.05, 4.69) is 11.0 Å². The van der Waals surface area contributed by atoms with Gasteiger partial charge in [0.15, 0.2) is 5.78 Å². The van der Waals surface area contributed by atoms with E-state index in [0.717, 1.165) is 29.8 Å². The van der Waals surface area contributed by atoms with Crippen molar-refractivity contribution in [1.29, 1.82) is 0 Å². The van der Waals surface area contributed by atoms with Crippen LogP contribution in [0.1, 0.15) is 27.9 Å². The Hall–Kier alpha value is -3.21. The highest BCUT2D eigenvalue weighted by atomic mass is 16.6. The Balaban J connectivity index is 1.45. The normalized spacial score (nSPS) is 25.5. The Morgan fingerprint density at radius 3 is 2.69 bits per heavy atom. The minimum absolute atomic E-state index is 0.00428. The van der Waals surface area contributed by atoms with Crippen LogP contribution in [-0.4, -0.2) is 22.2 Å². The second-order valence-electron chi connectivity index (χ2n) is 7.13. The number of likely N-dealkylation sites (tertiary alicyclic amines) is 1. The maximum absolute atomic E-state index is 12.5. The number of piperidine rings is 1. The van der Waals surface area contributed by atoms with Crippen molar-refractivity contribution in [3.05, 3.63) is 93.3 Å². The fourth-order valence-electron chi connectivity index (χ4n) is 4.45. The van der Waals surface area contributed by atoms with Gasteiger partial charge in [0, 0.05) is 47.6 Å². The number of hydrogen-bond acceptors (Lipinski definition) is 4. The number of fused-ring (bicyclic) bond motifs is 1. The lowest BCUT2D eigenvalue weighted by Crippen LogP contribution is -2.26. The highest BCUT2D eigenvalue weighted by Gasteiger charge is 2.65. The summed E-state index contributed by atoms with van der Waals surface area (Å²) >= 11 is 0. The van der Waals surface area contributed by atoms with Gasteiger partial charge in [0.2, 0.25) is 0 Å². The van der Waals surface area contributed by atoms with Gasteiger partial charge in [-0.2, -0.15) is 0 Å². The van der Waals surface area contributed by atoms with E-state index >= 15 is 0 Å². The number of carbonyl (C=O) groups is 1. The number of hydrogen-bond donors (Lipinski definition) is 0. The molecule has 3 aliphatic rings. The number of ketones is 1. The van der Waals surface area contributed by atoms with Crippen LogP contribution in [0.2, 0.25) is 0 Å². The summed E-state index contributed by atoms with van der Waals surface area (Å²) in [6.45, 7) is 0.900. The van der Waals surface area contributed by atoms with Crippen LogP contribution in [0.15, 0.2) is 66.5 Å². The van der Waals surface area contributed by atoms with E-state index in [-0.39, 0.29) is 16.9 Å². The quantitative estimate of drug-likeness (QED) is 0.625. The summed E-state index contributed by atoms with van der Waals surface area (Å²) in [5.41, 5.74) is 4.07. The average Bonchev–Trinajstić information content (AvgIpc) is 3.29. The van der Waals surface area contributed by atoms with Crippen LogP contribution < -0.4 is 0 Å². The Kier molecular flexibility index (Phi) is 2.98. The molecule has 0 bridgehead atoms. The molecule has 2 aromatic rings. The molecule has 26 heavy (non-hydrogen) atoms. The molecule has 1 saturated heterocycles. The fourth-order valence-corrected chi connectivity index (χ4v) is 4.45. The van der Waals surface area contributed by atoms with Crippen molar-refractivity contribution in [2.24, 2.45) is 5.92 Å². The van der Waals surface area contributed by atoms with Gasteiger partial charge < -0.3 is 4.90 Å². The van der Waals surface area contributed by atoms with Gasteiger partial charge in [0.05, 0.1) is 4.92 Å². The number of nitro benzene ring substituents is 1. The summed E-state index contributed by atoms with van der Waals surface area (Å²) in [7, 11) is 0. The zero-order chi connectivity index (χ0) is 17.9. The van der Waals surface area contributed by atoms with Crippen LogP contribution in [-0.2, 0) is 5.41 Å². The first-order valence-corrected chi connectivity index (χ1v) is 8.65. The molecular weight excluding hydrogens is 328 g/mol. The molecule has 5 heteroatoms.